The molecule has 11 rings (SSSR count). The summed E-state index contributed by atoms with van der Waals surface area (Å²) in [6.07, 6.45) is 0. The average Bonchev–Trinajstić information content (AvgIpc) is 3.78. The first-order chi connectivity index (χ1) is 28.5. The second kappa shape index (κ2) is 13.4. The molecular weight excluding hydrogens is 705 g/mol. The first kappa shape index (κ1) is 33.9. The first-order valence-corrected chi connectivity index (χ1v) is 19.9. The quantitative estimate of drug-likeness (QED) is 0.170. The van der Waals surface area contributed by atoms with E-state index in [2.05, 4.69) is 178 Å². The SMILES string of the molecule is CC1(C)c2ccccc2-c2c(-c3cccc(-c4cc(-c5cc(-c6ccccc6)cc(-c6ccc7oc8ccccc8c7c6)c5)nc(-c5ccccc5)n4)c3)cccc21. The zero-order valence-electron chi connectivity index (χ0n) is 32.3. The summed E-state index contributed by atoms with van der Waals surface area (Å²) in [5, 5.41) is 2.22. The van der Waals surface area contributed by atoms with Gasteiger partial charge in [0, 0.05) is 32.9 Å². The molecule has 0 spiro atoms. The third-order valence-corrected chi connectivity index (χ3v) is 11.9. The maximum Gasteiger partial charge on any atom is 0.160 e. The van der Waals surface area contributed by atoms with Crippen LogP contribution in [0.3, 0.4) is 0 Å². The summed E-state index contributed by atoms with van der Waals surface area (Å²) in [4.78, 5) is 10.6. The number of aromatic nitrogens is 2. The Bertz CT molecular complexity index is 3190. The third kappa shape index (κ3) is 5.66. The van der Waals surface area contributed by atoms with Gasteiger partial charge in [-0.15, -0.1) is 0 Å². The van der Waals surface area contributed by atoms with Gasteiger partial charge in [-0.25, -0.2) is 9.97 Å². The van der Waals surface area contributed by atoms with Crippen molar-refractivity contribution in [3.8, 4) is 78.4 Å². The molecule has 0 saturated heterocycles. The molecule has 10 aromatic rings. The van der Waals surface area contributed by atoms with Crippen molar-refractivity contribution in [1.82, 2.24) is 9.97 Å². The predicted molar refractivity (Wildman–Crippen MR) is 239 cm³/mol. The van der Waals surface area contributed by atoms with Gasteiger partial charge in [0.1, 0.15) is 11.2 Å². The lowest BCUT2D eigenvalue weighted by Gasteiger charge is -2.21. The van der Waals surface area contributed by atoms with Crippen LogP contribution in [0.2, 0.25) is 0 Å². The van der Waals surface area contributed by atoms with Crippen LogP contribution < -0.4 is 0 Å². The molecule has 0 amide bonds. The third-order valence-electron chi connectivity index (χ3n) is 11.9. The lowest BCUT2D eigenvalue weighted by Crippen LogP contribution is -2.14. The molecule has 0 saturated carbocycles. The van der Waals surface area contributed by atoms with Crippen LogP contribution in [0, 0.1) is 0 Å². The number of rotatable bonds is 6. The van der Waals surface area contributed by atoms with Crippen molar-refractivity contribution in [2.75, 3.05) is 0 Å². The minimum absolute atomic E-state index is 0.0725. The van der Waals surface area contributed by atoms with E-state index >= 15 is 0 Å². The van der Waals surface area contributed by atoms with E-state index in [-0.39, 0.29) is 5.41 Å². The summed E-state index contributed by atoms with van der Waals surface area (Å²) in [7, 11) is 0. The Labute approximate surface area is 338 Å². The molecule has 3 nitrogen and oxygen atoms in total. The lowest BCUT2D eigenvalue weighted by molar-refractivity contribution is 0.660. The molecule has 0 aliphatic heterocycles. The molecule has 1 aliphatic rings. The van der Waals surface area contributed by atoms with E-state index < -0.39 is 0 Å². The molecule has 0 bridgehead atoms. The van der Waals surface area contributed by atoms with Crippen LogP contribution >= 0.6 is 0 Å². The summed E-state index contributed by atoms with van der Waals surface area (Å²) in [5.41, 5.74) is 18.7. The van der Waals surface area contributed by atoms with Crippen LogP contribution in [0.5, 0.6) is 0 Å². The molecule has 8 aromatic carbocycles. The summed E-state index contributed by atoms with van der Waals surface area (Å²) in [6, 6.07) is 69.0. The Balaban J connectivity index is 1.09. The molecule has 0 N–H and O–H groups in total. The van der Waals surface area contributed by atoms with Crippen molar-refractivity contribution in [1.29, 1.82) is 0 Å². The van der Waals surface area contributed by atoms with Crippen LogP contribution in [0.1, 0.15) is 25.0 Å². The Morgan fingerprint density at radius 2 is 0.931 bits per heavy atom. The number of para-hydroxylation sites is 1. The average molecular weight is 743 g/mol. The topological polar surface area (TPSA) is 38.9 Å². The second-order valence-electron chi connectivity index (χ2n) is 15.8. The molecule has 1 aliphatic carbocycles. The second-order valence-corrected chi connectivity index (χ2v) is 15.8. The summed E-state index contributed by atoms with van der Waals surface area (Å²) < 4.78 is 6.21. The Morgan fingerprint density at radius 3 is 1.76 bits per heavy atom. The summed E-state index contributed by atoms with van der Waals surface area (Å²) >= 11 is 0. The maximum atomic E-state index is 6.21. The van der Waals surface area contributed by atoms with E-state index in [4.69, 9.17) is 14.4 Å². The van der Waals surface area contributed by atoms with Crippen molar-refractivity contribution < 1.29 is 4.42 Å². The minimum atomic E-state index is -0.0725. The van der Waals surface area contributed by atoms with Gasteiger partial charge in [0.15, 0.2) is 5.82 Å². The zero-order valence-corrected chi connectivity index (χ0v) is 32.3. The van der Waals surface area contributed by atoms with Crippen molar-refractivity contribution in [2.24, 2.45) is 0 Å². The van der Waals surface area contributed by atoms with E-state index in [1.54, 1.807) is 0 Å². The fourth-order valence-corrected chi connectivity index (χ4v) is 8.95. The number of fused-ring (bicyclic) bond motifs is 6. The van der Waals surface area contributed by atoms with Gasteiger partial charge in [0.2, 0.25) is 0 Å². The molecule has 0 unspecified atom stereocenters. The summed E-state index contributed by atoms with van der Waals surface area (Å²) in [5.74, 6) is 0.688. The first-order valence-electron chi connectivity index (χ1n) is 19.9. The van der Waals surface area contributed by atoms with Crippen LogP contribution in [0.25, 0.3) is 100 Å². The fraction of sp³-hybridized carbons (Fsp3) is 0.0545. The molecule has 3 heteroatoms. The van der Waals surface area contributed by atoms with Gasteiger partial charge >= 0.3 is 0 Å². The predicted octanol–water partition coefficient (Wildman–Crippen LogP) is 14.7. The molecule has 2 aromatic heterocycles. The van der Waals surface area contributed by atoms with Gasteiger partial charge in [-0.2, -0.15) is 0 Å². The minimum Gasteiger partial charge on any atom is -0.456 e. The molecule has 2 heterocycles. The maximum absolute atomic E-state index is 6.21. The molecule has 0 atom stereocenters. The van der Waals surface area contributed by atoms with Crippen LogP contribution in [-0.2, 0) is 5.41 Å². The molecule has 58 heavy (non-hydrogen) atoms. The van der Waals surface area contributed by atoms with Gasteiger partial charge < -0.3 is 4.42 Å². The van der Waals surface area contributed by atoms with Crippen LogP contribution in [-0.4, -0.2) is 9.97 Å². The highest BCUT2D eigenvalue weighted by atomic mass is 16.3. The largest absolute Gasteiger partial charge is 0.456 e. The Hall–Kier alpha value is -7.36. The van der Waals surface area contributed by atoms with Gasteiger partial charge in [0.05, 0.1) is 11.4 Å². The lowest BCUT2D eigenvalue weighted by atomic mass is 9.82. The highest BCUT2D eigenvalue weighted by Crippen LogP contribution is 2.52. The smallest absolute Gasteiger partial charge is 0.160 e. The van der Waals surface area contributed by atoms with Crippen molar-refractivity contribution in [3.05, 3.63) is 205 Å². The van der Waals surface area contributed by atoms with E-state index in [1.807, 2.05) is 30.3 Å². The molecular formula is C55H38N2O. The van der Waals surface area contributed by atoms with Crippen LogP contribution in [0.15, 0.2) is 199 Å². The number of nitrogens with zero attached hydrogens (tertiary/aromatic N) is 2. The molecule has 274 valence electrons. The highest BCUT2D eigenvalue weighted by molar-refractivity contribution is 6.06. The summed E-state index contributed by atoms with van der Waals surface area (Å²) in [6.45, 7) is 4.67. The molecule has 0 fully saturated rings. The van der Waals surface area contributed by atoms with Crippen molar-refractivity contribution in [3.63, 3.8) is 0 Å². The monoisotopic (exact) mass is 742 g/mol. The van der Waals surface area contributed by atoms with Crippen LogP contribution in [0.4, 0.5) is 0 Å². The fourth-order valence-electron chi connectivity index (χ4n) is 8.95. The van der Waals surface area contributed by atoms with Crippen molar-refractivity contribution in [2.45, 2.75) is 19.3 Å². The number of furan rings is 1. The van der Waals surface area contributed by atoms with Gasteiger partial charge in [0.25, 0.3) is 0 Å². The standard InChI is InChI=1S/C55H38N2O/c1-55(2)47-24-11-9-22-45(47)53-43(23-14-25-48(53)55)38-19-13-20-39(29-38)49-34-50(57-54(56-49)36-17-7-4-8-18-36)42-31-40(35-15-5-3-6-16-35)30-41(32-42)37-27-28-52-46(33-37)44-21-10-12-26-51(44)58-52/h3-34H,1-2H3. The van der Waals surface area contributed by atoms with Crippen molar-refractivity contribution >= 4 is 21.9 Å². The van der Waals surface area contributed by atoms with Gasteiger partial charge in [-0.1, -0.05) is 159 Å². The number of hydrogen-bond acceptors (Lipinski definition) is 3. The number of benzene rings is 8. The molecule has 0 radical (unpaired) electrons. The van der Waals surface area contributed by atoms with E-state index in [0.29, 0.717) is 5.82 Å². The number of hydrogen-bond donors (Lipinski definition) is 0. The Morgan fingerprint density at radius 1 is 0.362 bits per heavy atom. The zero-order chi connectivity index (χ0) is 38.8. The highest BCUT2D eigenvalue weighted by Gasteiger charge is 2.36. The van der Waals surface area contributed by atoms with Gasteiger partial charge in [-0.3, -0.25) is 0 Å². The van der Waals surface area contributed by atoms with E-state index in [0.717, 1.165) is 72.3 Å². The van der Waals surface area contributed by atoms with Gasteiger partial charge in [-0.05, 0) is 104 Å². The Kier molecular flexibility index (Phi) is 7.84. The normalized spacial score (nSPS) is 12.8. The van der Waals surface area contributed by atoms with E-state index in [9.17, 15) is 0 Å². The van der Waals surface area contributed by atoms with E-state index in [1.165, 1.54) is 33.4 Å².